The Morgan fingerprint density at radius 2 is 2.27 bits per heavy atom. The van der Waals surface area contributed by atoms with E-state index in [2.05, 4.69) is 15.6 Å². The summed E-state index contributed by atoms with van der Waals surface area (Å²) in [7, 11) is 1.77. The fraction of sp³-hybridized carbons (Fsp3) is 0.455. The minimum Gasteiger partial charge on any atom is -0.350 e. The van der Waals surface area contributed by atoms with E-state index in [4.69, 9.17) is 0 Å². The third kappa shape index (κ3) is 3.32. The summed E-state index contributed by atoms with van der Waals surface area (Å²) in [5, 5.41) is 5.80. The molecule has 82 valence electrons. The SMILES string of the molecule is CNC(C)(C)C(=O)NCc1cccnc1. The van der Waals surface area contributed by atoms with Crippen molar-refractivity contribution < 1.29 is 4.79 Å². The van der Waals surface area contributed by atoms with Gasteiger partial charge in [-0.15, -0.1) is 0 Å². The van der Waals surface area contributed by atoms with E-state index >= 15 is 0 Å². The monoisotopic (exact) mass is 207 g/mol. The minimum atomic E-state index is -0.539. The molecule has 4 nitrogen and oxygen atoms in total. The Morgan fingerprint density at radius 3 is 2.80 bits per heavy atom. The van der Waals surface area contributed by atoms with Crippen LogP contribution in [0.1, 0.15) is 19.4 Å². The molecule has 0 aliphatic heterocycles. The van der Waals surface area contributed by atoms with Crippen molar-refractivity contribution in [3.05, 3.63) is 30.1 Å². The first kappa shape index (κ1) is 11.7. The molecule has 15 heavy (non-hydrogen) atoms. The molecule has 1 aromatic rings. The van der Waals surface area contributed by atoms with E-state index in [-0.39, 0.29) is 5.91 Å². The van der Waals surface area contributed by atoms with Gasteiger partial charge in [0.2, 0.25) is 5.91 Å². The molecule has 0 saturated carbocycles. The van der Waals surface area contributed by atoms with Gasteiger partial charge in [-0.2, -0.15) is 0 Å². The fourth-order valence-corrected chi connectivity index (χ4v) is 1.02. The van der Waals surface area contributed by atoms with E-state index in [0.717, 1.165) is 5.56 Å². The van der Waals surface area contributed by atoms with Crippen LogP contribution < -0.4 is 10.6 Å². The van der Waals surface area contributed by atoms with Crippen molar-refractivity contribution in [1.29, 1.82) is 0 Å². The minimum absolute atomic E-state index is 0.0196. The number of amides is 1. The lowest BCUT2D eigenvalue weighted by Gasteiger charge is -2.22. The molecule has 0 saturated heterocycles. The van der Waals surface area contributed by atoms with E-state index in [1.54, 1.807) is 19.4 Å². The predicted octanol–water partition coefficient (Wildman–Crippen LogP) is 0.696. The molecule has 0 radical (unpaired) electrons. The first-order valence-corrected chi connectivity index (χ1v) is 4.92. The Hall–Kier alpha value is -1.42. The molecule has 0 aliphatic rings. The highest BCUT2D eigenvalue weighted by Crippen LogP contribution is 2.01. The fourth-order valence-electron chi connectivity index (χ4n) is 1.02. The van der Waals surface area contributed by atoms with Gasteiger partial charge in [0.15, 0.2) is 0 Å². The summed E-state index contributed by atoms with van der Waals surface area (Å²) in [6.07, 6.45) is 3.45. The summed E-state index contributed by atoms with van der Waals surface area (Å²) in [5.74, 6) is -0.0196. The standard InChI is InChI=1S/C11H17N3O/c1-11(2,12-3)10(15)14-8-9-5-4-6-13-7-9/h4-7,12H,8H2,1-3H3,(H,14,15). The largest absolute Gasteiger partial charge is 0.350 e. The van der Waals surface area contributed by atoms with Gasteiger partial charge in [-0.05, 0) is 32.5 Å². The molecule has 1 amide bonds. The van der Waals surface area contributed by atoms with Gasteiger partial charge in [0.25, 0.3) is 0 Å². The zero-order chi connectivity index (χ0) is 11.3. The van der Waals surface area contributed by atoms with E-state index < -0.39 is 5.54 Å². The van der Waals surface area contributed by atoms with Gasteiger partial charge in [0.05, 0.1) is 5.54 Å². The van der Waals surface area contributed by atoms with Gasteiger partial charge in [-0.25, -0.2) is 0 Å². The van der Waals surface area contributed by atoms with Gasteiger partial charge in [-0.1, -0.05) is 6.07 Å². The maximum absolute atomic E-state index is 11.7. The van der Waals surface area contributed by atoms with Gasteiger partial charge in [0, 0.05) is 18.9 Å². The first-order valence-electron chi connectivity index (χ1n) is 4.92. The quantitative estimate of drug-likeness (QED) is 0.764. The van der Waals surface area contributed by atoms with Crippen LogP contribution in [0, 0.1) is 0 Å². The highest BCUT2D eigenvalue weighted by atomic mass is 16.2. The highest BCUT2D eigenvalue weighted by Gasteiger charge is 2.24. The van der Waals surface area contributed by atoms with Crippen LogP contribution in [0.4, 0.5) is 0 Å². The van der Waals surface area contributed by atoms with Crippen molar-refractivity contribution in [2.75, 3.05) is 7.05 Å². The zero-order valence-electron chi connectivity index (χ0n) is 9.37. The van der Waals surface area contributed by atoms with Gasteiger partial charge >= 0.3 is 0 Å². The number of pyridine rings is 1. The number of hydrogen-bond acceptors (Lipinski definition) is 3. The van der Waals surface area contributed by atoms with E-state index in [1.807, 2.05) is 26.0 Å². The second kappa shape index (κ2) is 4.89. The summed E-state index contributed by atoms with van der Waals surface area (Å²) in [6, 6.07) is 3.78. The summed E-state index contributed by atoms with van der Waals surface area (Å²) < 4.78 is 0. The molecular formula is C11H17N3O. The summed E-state index contributed by atoms with van der Waals surface area (Å²) in [4.78, 5) is 15.7. The molecule has 1 heterocycles. The average Bonchev–Trinajstić information content (AvgIpc) is 2.27. The molecule has 0 unspecified atom stereocenters. The van der Waals surface area contributed by atoms with Crippen molar-refractivity contribution in [3.8, 4) is 0 Å². The van der Waals surface area contributed by atoms with Crippen LogP contribution in [-0.2, 0) is 11.3 Å². The van der Waals surface area contributed by atoms with E-state index in [0.29, 0.717) is 6.54 Å². The zero-order valence-corrected chi connectivity index (χ0v) is 9.37. The molecular weight excluding hydrogens is 190 g/mol. The molecule has 0 aromatic carbocycles. The van der Waals surface area contributed by atoms with Crippen molar-refractivity contribution in [3.63, 3.8) is 0 Å². The molecule has 0 atom stereocenters. The summed E-state index contributed by atoms with van der Waals surface area (Å²) in [6.45, 7) is 4.19. The lowest BCUT2D eigenvalue weighted by atomic mass is 10.1. The smallest absolute Gasteiger partial charge is 0.239 e. The number of nitrogens with zero attached hydrogens (tertiary/aromatic N) is 1. The van der Waals surface area contributed by atoms with Crippen LogP contribution in [0.2, 0.25) is 0 Å². The molecule has 0 fully saturated rings. The molecule has 2 N–H and O–H groups in total. The van der Waals surface area contributed by atoms with Crippen LogP contribution in [0.3, 0.4) is 0 Å². The molecule has 0 spiro atoms. The molecule has 0 aliphatic carbocycles. The number of nitrogens with one attached hydrogen (secondary N) is 2. The topological polar surface area (TPSA) is 54.0 Å². The Morgan fingerprint density at radius 1 is 1.53 bits per heavy atom. The highest BCUT2D eigenvalue weighted by molar-refractivity contribution is 5.85. The Balaban J connectivity index is 2.48. The lowest BCUT2D eigenvalue weighted by molar-refractivity contribution is -0.126. The Labute approximate surface area is 90.1 Å². The summed E-state index contributed by atoms with van der Waals surface area (Å²) >= 11 is 0. The molecule has 1 rings (SSSR count). The van der Waals surface area contributed by atoms with Gasteiger partial charge in [0.1, 0.15) is 0 Å². The Kier molecular flexibility index (Phi) is 3.80. The van der Waals surface area contributed by atoms with Gasteiger partial charge in [-0.3, -0.25) is 9.78 Å². The van der Waals surface area contributed by atoms with E-state index in [1.165, 1.54) is 0 Å². The molecule has 1 aromatic heterocycles. The number of likely N-dealkylation sites (N-methyl/N-ethyl adjacent to an activating group) is 1. The van der Waals surface area contributed by atoms with E-state index in [9.17, 15) is 4.79 Å². The maximum Gasteiger partial charge on any atom is 0.239 e. The van der Waals surface area contributed by atoms with Crippen LogP contribution in [0.15, 0.2) is 24.5 Å². The van der Waals surface area contributed by atoms with Crippen LogP contribution in [-0.4, -0.2) is 23.5 Å². The predicted molar refractivity (Wildman–Crippen MR) is 59.2 cm³/mol. The summed E-state index contributed by atoms with van der Waals surface area (Å²) in [5.41, 5.74) is 0.458. The third-order valence-electron chi connectivity index (χ3n) is 2.37. The second-order valence-electron chi connectivity index (χ2n) is 3.92. The molecule has 4 heteroatoms. The van der Waals surface area contributed by atoms with Crippen molar-refractivity contribution in [1.82, 2.24) is 15.6 Å². The first-order chi connectivity index (χ1) is 7.06. The van der Waals surface area contributed by atoms with Crippen LogP contribution in [0.25, 0.3) is 0 Å². The van der Waals surface area contributed by atoms with Crippen molar-refractivity contribution in [2.45, 2.75) is 25.9 Å². The number of hydrogen-bond donors (Lipinski definition) is 2. The molecule has 0 bridgehead atoms. The van der Waals surface area contributed by atoms with Crippen molar-refractivity contribution >= 4 is 5.91 Å². The van der Waals surface area contributed by atoms with Crippen molar-refractivity contribution in [2.24, 2.45) is 0 Å². The number of carbonyl (C=O) groups excluding carboxylic acids is 1. The van der Waals surface area contributed by atoms with Gasteiger partial charge < -0.3 is 10.6 Å². The van der Waals surface area contributed by atoms with Crippen LogP contribution >= 0.6 is 0 Å². The average molecular weight is 207 g/mol. The normalized spacial score (nSPS) is 11.1. The lowest BCUT2D eigenvalue weighted by Crippen LogP contribution is -2.50. The second-order valence-corrected chi connectivity index (χ2v) is 3.92. The third-order valence-corrected chi connectivity index (χ3v) is 2.37. The number of rotatable bonds is 4. The van der Waals surface area contributed by atoms with Crippen LogP contribution in [0.5, 0.6) is 0 Å². The maximum atomic E-state index is 11.7. The number of aromatic nitrogens is 1. The Bertz CT molecular complexity index is 322. The number of carbonyl (C=O) groups is 1.